The predicted octanol–water partition coefficient (Wildman–Crippen LogP) is 4.55. The van der Waals surface area contributed by atoms with Gasteiger partial charge in [-0.25, -0.2) is 14.5 Å². The number of nitrogens with zero attached hydrogens (tertiary/aromatic N) is 2. The molecule has 0 bridgehead atoms. The van der Waals surface area contributed by atoms with Gasteiger partial charge in [0.25, 0.3) is 5.91 Å². The normalized spacial score (nSPS) is 15.0. The van der Waals surface area contributed by atoms with Crippen LogP contribution in [0.5, 0.6) is 5.75 Å². The summed E-state index contributed by atoms with van der Waals surface area (Å²) in [6.07, 6.45) is -0.233. The minimum Gasteiger partial charge on any atom is -0.497 e. The fourth-order valence-electron chi connectivity index (χ4n) is 4.16. The molecule has 4 rings (SSSR count). The molecule has 0 aliphatic carbocycles. The van der Waals surface area contributed by atoms with Crippen LogP contribution in [0.3, 0.4) is 0 Å². The Hall–Kier alpha value is -4.66. The van der Waals surface area contributed by atoms with E-state index in [1.165, 1.54) is 12.0 Å². The summed E-state index contributed by atoms with van der Waals surface area (Å²) < 4.78 is 10.2. The number of urea groups is 1. The molecular weight excluding hydrogens is 486 g/mol. The Labute approximate surface area is 220 Å². The third kappa shape index (κ3) is 5.83. The second-order valence-corrected chi connectivity index (χ2v) is 8.83. The van der Waals surface area contributed by atoms with E-state index in [1.807, 2.05) is 31.2 Å². The van der Waals surface area contributed by atoms with E-state index in [9.17, 15) is 19.2 Å². The van der Waals surface area contributed by atoms with Gasteiger partial charge < -0.3 is 19.7 Å². The minimum absolute atomic E-state index is 0.170. The summed E-state index contributed by atoms with van der Waals surface area (Å²) in [6.45, 7) is 4.12. The van der Waals surface area contributed by atoms with Crippen molar-refractivity contribution in [3.63, 3.8) is 0 Å². The standard InChI is InChI=1S/C29H29N3O6/c1-4-38-28(35)21-9-11-22(12-10-21)30-26(33)17-25-27(34)32(23-13-15-24(37-3)16-14-23)29(36)31(25)18-20-7-5-19(2)6-8-20/h5-16,25H,4,17-18H2,1-3H3,(H,30,33). The molecule has 0 spiro atoms. The van der Waals surface area contributed by atoms with Gasteiger partial charge in [-0.2, -0.15) is 0 Å². The number of benzene rings is 3. The molecule has 3 aromatic rings. The molecule has 1 N–H and O–H groups in total. The van der Waals surface area contributed by atoms with Crippen LogP contribution in [0.2, 0.25) is 0 Å². The lowest BCUT2D eigenvalue weighted by atomic mass is 10.1. The lowest BCUT2D eigenvalue weighted by Gasteiger charge is -2.22. The Morgan fingerprint density at radius 3 is 2.18 bits per heavy atom. The third-order valence-electron chi connectivity index (χ3n) is 6.18. The molecule has 9 nitrogen and oxygen atoms in total. The van der Waals surface area contributed by atoms with Gasteiger partial charge in [0.1, 0.15) is 11.8 Å². The van der Waals surface area contributed by atoms with Crippen molar-refractivity contribution in [1.29, 1.82) is 0 Å². The molecule has 1 aliphatic heterocycles. The number of methoxy groups -OCH3 is 1. The second-order valence-electron chi connectivity index (χ2n) is 8.83. The number of imide groups is 1. The topological polar surface area (TPSA) is 105 Å². The van der Waals surface area contributed by atoms with E-state index in [0.717, 1.165) is 16.0 Å². The first kappa shape index (κ1) is 26.4. The van der Waals surface area contributed by atoms with Crippen LogP contribution in [-0.2, 0) is 20.9 Å². The summed E-state index contributed by atoms with van der Waals surface area (Å²) in [5.41, 5.74) is 3.13. The van der Waals surface area contributed by atoms with Gasteiger partial charge in [-0.3, -0.25) is 9.59 Å². The van der Waals surface area contributed by atoms with Crippen molar-refractivity contribution in [2.75, 3.05) is 23.9 Å². The van der Waals surface area contributed by atoms with Gasteiger partial charge in [0.05, 0.1) is 31.4 Å². The highest BCUT2D eigenvalue weighted by atomic mass is 16.5. The van der Waals surface area contributed by atoms with Gasteiger partial charge in [-0.05, 0) is 67.9 Å². The quantitative estimate of drug-likeness (QED) is 0.331. The van der Waals surface area contributed by atoms with Crippen LogP contribution in [0.4, 0.5) is 16.2 Å². The van der Waals surface area contributed by atoms with E-state index in [1.54, 1.807) is 55.5 Å². The van der Waals surface area contributed by atoms with E-state index < -0.39 is 29.9 Å². The highest BCUT2D eigenvalue weighted by Crippen LogP contribution is 2.30. The Bertz CT molecular complexity index is 1320. The Morgan fingerprint density at radius 2 is 1.58 bits per heavy atom. The fraction of sp³-hybridized carbons (Fsp3) is 0.241. The average molecular weight is 516 g/mol. The number of nitrogens with one attached hydrogen (secondary N) is 1. The molecule has 0 radical (unpaired) electrons. The van der Waals surface area contributed by atoms with Gasteiger partial charge in [0.2, 0.25) is 5.91 Å². The molecule has 1 unspecified atom stereocenters. The lowest BCUT2D eigenvalue weighted by molar-refractivity contribution is -0.124. The Morgan fingerprint density at radius 1 is 0.921 bits per heavy atom. The molecule has 1 heterocycles. The number of ether oxygens (including phenoxy) is 2. The smallest absolute Gasteiger partial charge is 0.338 e. The molecule has 1 aliphatic rings. The summed E-state index contributed by atoms with van der Waals surface area (Å²) in [5.74, 6) is -0.786. The van der Waals surface area contributed by atoms with E-state index in [-0.39, 0.29) is 19.6 Å². The zero-order chi connectivity index (χ0) is 27.2. The fourth-order valence-corrected chi connectivity index (χ4v) is 4.16. The van der Waals surface area contributed by atoms with Crippen molar-refractivity contribution in [1.82, 2.24) is 4.90 Å². The molecule has 9 heteroatoms. The SMILES string of the molecule is CCOC(=O)c1ccc(NC(=O)CC2C(=O)N(c3ccc(OC)cc3)C(=O)N2Cc2ccc(C)cc2)cc1. The first-order chi connectivity index (χ1) is 18.3. The Balaban J connectivity index is 1.54. The van der Waals surface area contributed by atoms with Gasteiger partial charge in [0.15, 0.2) is 0 Å². The molecule has 1 fully saturated rings. The van der Waals surface area contributed by atoms with Crippen LogP contribution < -0.4 is 15.0 Å². The molecule has 1 atom stereocenters. The number of carbonyl (C=O) groups excluding carboxylic acids is 4. The molecule has 0 aromatic heterocycles. The third-order valence-corrected chi connectivity index (χ3v) is 6.18. The van der Waals surface area contributed by atoms with Crippen molar-refractivity contribution < 1.29 is 28.7 Å². The van der Waals surface area contributed by atoms with Crippen molar-refractivity contribution in [3.05, 3.63) is 89.5 Å². The number of hydrogen-bond acceptors (Lipinski definition) is 6. The van der Waals surface area contributed by atoms with E-state index in [4.69, 9.17) is 9.47 Å². The number of carbonyl (C=O) groups is 4. The van der Waals surface area contributed by atoms with Crippen LogP contribution in [0, 0.1) is 6.92 Å². The van der Waals surface area contributed by atoms with Crippen LogP contribution in [0.1, 0.15) is 34.8 Å². The zero-order valence-electron chi connectivity index (χ0n) is 21.5. The van der Waals surface area contributed by atoms with Gasteiger partial charge in [-0.15, -0.1) is 0 Å². The largest absolute Gasteiger partial charge is 0.497 e. The molecule has 0 saturated carbocycles. The molecular formula is C29H29N3O6. The van der Waals surface area contributed by atoms with Crippen molar-refractivity contribution in [2.24, 2.45) is 0 Å². The van der Waals surface area contributed by atoms with Gasteiger partial charge in [-0.1, -0.05) is 29.8 Å². The number of amides is 4. The summed E-state index contributed by atoms with van der Waals surface area (Å²) >= 11 is 0. The lowest BCUT2D eigenvalue weighted by Crippen LogP contribution is -2.37. The van der Waals surface area contributed by atoms with Crippen LogP contribution in [-0.4, -0.2) is 48.5 Å². The molecule has 4 amide bonds. The summed E-state index contributed by atoms with van der Waals surface area (Å²) in [5, 5.41) is 2.75. The monoisotopic (exact) mass is 515 g/mol. The highest BCUT2D eigenvalue weighted by molar-refractivity contribution is 6.22. The van der Waals surface area contributed by atoms with Crippen LogP contribution in [0.15, 0.2) is 72.8 Å². The minimum atomic E-state index is -0.996. The maximum absolute atomic E-state index is 13.5. The van der Waals surface area contributed by atoms with Crippen LogP contribution in [0.25, 0.3) is 0 Å². The van der Waals surface area contributed by atoms with E-state index in [2.05, 4.69) is 5.32 Å². The van der Waals surface area contributed by atoms with Crippen molar-refractivity contribution >= 4 is 35.2 Å². The Kier molecular flexibility index (Phi) is 8.06. The van der Waals surface area contributed by atoms with Crippen LogP contribution >= 0.6 is 0 Å². The molecule has 3 aromatic carbocycles. The maximum Gasteiger partial charge on any atom is 0.338 e. The second kappa shape index (κ2) is 11.6. The van der Waals surface area contributed by atoms with Crippen molar-refractivity contribution in [2.45, 2.75) is 32.9 Å². The molecule has 1 saturated heterocycles. The molecule has 196 valence electrons. The summed E-state index contributed by atoms with van der Waals surface area (Å²) in [7, 11) is 1.53. The predicted molar refractivity (Wildman–Crippen MR) is 142 cm³/mol. The first-order valence-electron chi connectivity index (χ1n) is 12.2. The van der Waals surface area contributed by atoms with E-state index >= 15 is 0 Å². The summed E-state index contributed by atoms with van der Waals surface area (Å²) in [6, 6.07) is 19.0. The van der Waals surface area contributed by atoms with Crippen molar-refractivity contribution in [3.8, 4) is 5.75 Å². The number of rotatable bonds is 9. The number of esters is 1. The van der Waals surface area contributed by atoms with Gasteiger partial charge >= 0.3 is 12.0 Å². The number of aryl methyl sites for hydroxylation is 1. The maximum atomic E-state index is 13.5. The first-order valence-corrected chi connectivity index (χ1v) is 12.2. The average Bonchev–Trinajstić information content (AvgIpc) is 3.14. The van der Waals surface area contributed by atoms with E-state index in [0.29, 0.717) is 22.7 Å². The summed E-state index contributed by atoms with van der Waals surface area (Å²) in [4.78, 5) is 54.3. The highest BCUT2D eigenvalue weighted by Gasteiger charge is 2.46. The number of anilines is 2. The molecule has 38 heavy (non-hydrogen) atoms. The zero-order valence-corrected chi connectivity index (χ0v) is 21.5. The van der Waals surface area contributed by atoms with Gasteiger partial charge in [0, 0.05) is 12.2 Å². The number of hydrogen-bond donors (Lipinski definition) is 1.